The molecule has 3 aromatic rings. The van der Waals surface area contributed by atoms with Crippen LogP contribution in [0.5, 0.6) is 0 Å². The van der Waals surface area contributed by atoms with Crippen molar-refractivity contribution in [1.82, 2.24) is 19.5 Å². The molecule has 1 aromatic carbocycles. The van der Waals surface area contributed by atoms with Gasteiger partial charge in [-0.1, -0.05) is 6.07 Å². The summed E-state index contributed by atoms with van der Waals surface area (Å²) in [7, 11) is 1.62. The highest BCUT2D eigenvalue weighted by Gasteiger charge is 2.22. The van der Waals surface area contributed by atoms with Gasteiger partial charge >= 0.3 is 11.8 Å². The Kier molecular flexibility index (Phi) is 4.38. The number of benzene rings is 1. The standard InChI is InChI=1S/C18H22N6O3/c1-10-6-7-11(8-12(10)23(5)17(26)27-18(2,3)4)24-15-13(22-16(24)25)14(19)20-9-21-15/h6-9H,1-5H3,(H,22,25)(H2,19,20,21). The molecule has 0 saturated carbocycles. The Bertz CT molecular complexity index is 1080. The molecule has 0 aliphatic heterocycles. The van der Waals surface area contributed by atoms with Gasteiger partial charge in [-0.25, -0.2) is 24.1 Å². The number of nitrogens with one attached hydrogen (secondary N) is 1. The zero-order chi connectivity index (χ0) is 19.9. The lowest BCUT2D eigenvalue weighted by atomic mass is 10.1. The molecule has 0 saturated heterocycles. The first kappa shape index (κ1) is 18.4. The lowest BCUT2D eigenvalue weighted by Crippen LogP contribution is -2.34. The minimum absolute atomic E-state index is 0.189. The molecule has 0 aliphatic rings. The van der Waals surface area contributed by atoms with E-state index in [1.54, 1.807) is 40.0 Å². The number of aryl methyl sites for hydroxylation is 1. The zero-order valence-corrected chi connectivity index (χ0v) is 15.9. The number of nitrogens with two attached hydrogens (primary N) is 1. The van der Waals surface area contributed by atoms with Crippen LogP contribution in [-0.2, 0) is 4.74 Å². The third kappa shape index (κ3) is 3.48. The normalized spacial score (nSPS) is 11.6. The van der Waals surface area contributed by atoms with E-state index in [4.69, 9.17) is 10.5 Å². The first-order chi connectivity index (χ1) is 12.6. The monoisotopic (exact) mass is 370 g/mol. The van der Waals surface area contributed by atoms with Gasteiger partial charge in [0.25, 0.3) is 0 Å². The largest absolute Gasteiger partial charge is 0.443 e. The molecule has 27 heavy (non-hydrogen) atoms. The number of nitrogens with zero attached hydrogens (tertiary/aromatic N) is 4. The molecule has 3 N–H and O–H groups in total. The molecule has 2 heterocycles. The highest BCUT2D eigenvalue weighted by atomic mass is 16.6. The van der Waals surface area contributed by atoms with Gasteiger partial charge < -0.3 is 15.5 Å². The number of hydrogen-bond donors (Lipinski definition) is 2. The Morgan fingerprint density at radius 3 is 2.67 bits per heavy atom. The third-order valence-electron chi connectivity index (χ3n) is 3.98. The van der Waals surface area contributed by atoms with Crippen molar-refractivity contribution in [2.45, 2.75) is 33.3 Å². The van der Waals surface area contributed by atoms with Crippen LogP contribution in [0.1, 0.15) is 26.3 Å². The number of nitrogen functional groups attached to an aromatic ring is 1. The van der Waals surface area contributed by atoms with Crippen LogP contribution in [0.25, 0.3) is 16.9 Å². The van der Waals surface area contributed by atoms with E-state index < -0.39 is 17.4 Å². The summed E-state index contributed by atoms with van der Waals surface area (Å²) in [6.45, 7) is 7.28. The Labute approximate surface area is 155 Å². The van der Waals surface area contributed by atoms with Gasteiger partial charge in [0.15, 0.2) is 11.5 Å². The predicted molar refractivity (Wildman–Crippen MR) is 103 cm³/mol. The number of H-pyrrole nitrogens is 1. The zero-order valence-electron chi connectivity index (χ0n) is 15.9. The molecule has 0 aliphatic carbocycles. The van der Waals surface area contributed by atoms with Crippen molar-refractivity contribution in [3.63, 3.8) is 0 Å². The Hall–Kier alpha value is -3.36. The molecular weight excluding hydrogens is 348 g/mol. The van der Waals surface area contributed by atoms with Crippen LogP contribution in [0.3, 0.4) is 0 Å². The number of aromatic nitrogens is 4. The van der Waals surface area contributed by atoms with E-state index in [1.807, 2.05) is 13.0 Å². The average molecular weight is 370 g/mol. The highest BCUT2D eigenvalue weighted by molar-refractivity contribution is 5.89. The van der Waals surface area contributed by atoms with E-state index in [0.717, 1.165) is 5.56 Å². The summed E-state index contributed by atoms with van der Waals surface area (Å²) < 4.78 is 6.81. The topological polar surface area (TPSA) is 119 Å². The van der Waals surface area contributed by atoms with Crippen LogP contribution in [0.2, 0.25) is 0 Å². The van der Waals surface area contributed by atoms with Crippen molar-refractivity contribution in [1.29, 1.82) is 0 Å². The van der Waals surface area contributed by atoms with E-state index in [2.05, 4.69) is 15.0 Å². The quantitative estimate of drug-likeness (QED) is 0.715. The second-order valence-corrected chi connectivity index (χ2v) is 7.23. The SMILES string of the molecule is Cc1ccc(-n2c(=O)[nH]c3c(N)ncnc32)cc1N(C)C(=O)OC(C)(C)C. The molecule has 142 valence electrons. The van der Waals surface area contributed by atoms with Crippen LogP contribution in [-0.4, -0.2) is 38.3 Å². The van der Waals surface area contributed by atoms with E-state index in [9.17, 15) is 9.59 Å². The Morgan fingerprint density at radius 2 is 2.00 bits per heavy atom. The summed E-state index contributed by atoms with van der Waals surface area (Å²) in [6, 6.07) is 5.32. The van der Waals surface area contributed by atoms with E-state index in [-0.39, 0.29) is 5.82 Å². The number of hydrogen-bond acceptors (Lipinski definition) is 6. The van der Waals surface area contributed by atoms with Crippen LogP contribution in [0.15, 0.2) is 29.3 Å². The first-order valence-electron chi connectivity index (χ1n) is 8.37. The molecule has 0 bridgehead atoms. The number of aromatic amines is 1. The number of ether oxygens (including phenoxy) is 1. The molecule has 0 unspecified atom stereocenters. The maximum Gasteiger partial charge on any atom is 0.414 e. The molecule has 0 spiro atoms. The van der Waals surface area contributed by atoms with Gasteiger partial charge in [0, 0.05) is 7.05 Å². The summed E-state index contributed by atoms with van der Waals surface area (Å²) in [6.07, 6.45) is 0.809. The smallest absolute Gasteiger partial charge is 0.414 e. The number of imidazole rings is 1. The fourth-order valence-electron chi connectivity index (χ4n) is 2.70. The maximum absolute atomic E-state index is 12.5. The molecular formula is C18H22N6O3. The number of fused-ring (bicyclic) bond motifs is 1. The van der Waals surface area contributed by atoms with Crippen molar-refractivity contribution in [3.05, 3.63) is 40.6 Å². The maximum atomic E-state index is 12.5. The molecule has 1 amide bonds. The summed E-state index contributed by atoms with van der Waals surface area (Å²) in [5.41, 5.74) is 7.55. The van der Waals surface area contributed by atoms with Gasteiger partial charge in [0.1, 0.15) is 17.4 Å². The summed E-state index contributed by atoms with van der Waals surface area (Å²) in [4.78, 5) is 37.0. The van der Waals surface area contributed by atoms with Gasteiger partial charge in [-0.2, -0.15) is 0 Å². The van der Waals surface area contributed by atoms with Crippen molar-refractivity contribution in [2.24, 2.45) is 0 Å². The summed E-state index contributed by atoms with van der Waals surface area (Å²) >= 11 is 0. The molecule has 0 atom stereocenters. The average Bonchev–Trinajstić information content (AvgIpc) is 2.91. The Morgan fingerprint density at radius 1 is 1.30 bits per heavy atom. The second kappa shape index (κ2) is 6.42. The summed E-state index contributed by atoms with van der Waals surface area (Å²) in [5.74, 6) is 0.189. The molecule has 9 heteroatoms. The van der Waals surface area contributed by atoms with Gasteiger partial charge in [-0.3, -0.25) is 4.90 Å². The van der Waals surface area contributed by atoms with Gasteiger partial charge in [-0.05, 0) is 45.4 Å². The highest BCUT2D eigenvalue weighted by Crippen LogP contribution is 2.25. The van der Waals surface area contributed by atoms with Crippen LogP contribution >= 0.6 is 0 Å². The van der Waals surface area contributed by atoms with Gasteiger partial charge in [0.2, 0.25) is 0 Å². The first-order valence-corrected chi connectivity index (χ1v) is 8.37. The lowest BCUT2D eigenvalue weighted by Gasteiger charge is -2.26. The van der Waals surface area contributed by atoms with Crippen molar-refractivity contribution < 1.29 is 9.53 Å². The summed E-state index contributed by atoms with van der Waals surface area (Å²) in [5, 5.41) is 0. The molecule has 9 nitrogen and oxygen atoms in total. The molecule has 3 rings (SSSR count). The number of carbonyl (C=O) groups is 1. The van der Waals surface area contributed by atoms with E-state index in [1.165, 1.54) is 15.8 Å². The van der Waals surface area contributed by atoms with Crippen LogP contribution < -0.4 is 16.3 Å². The number of anilines is 2. The number of rotatable bonds is 2. The predicted octanol–water partition coefficient (Wildman–Crippen LogP) is 2.37. The number of amides is 1. The van der Waals surface area contributed by atoms with Gasteiger partial charge in [0.05, 0.1) is 11.4 Å². The van der Waals surface area contributed by atoms with Crippen LogP contribution in [0, 0.1) is 6.92 Å². The molecule has 0 fully saturated rings. The van der Waals surface area contributed by atoms with E-state index in [0.29, 0.717) is 22.5 Å². The molecule has 0 radical (unpaired) electrons. The van der Waals surface area contributed by atoms with Crippen molar-refractivity contribution >= 4 is 28.8 Å². The van der Waals surface area contributed by atoms with Crippen molar-refractivity contribution in [3.8, 4) is 5.69 Å². The number of carbonyl (C=O) groups excluding carboxylic acids is 1. The van der Waals surface area contributed by atoms with Crippen molar-refractivity contribution in [2.75, 3.05) is 17.7 Å². The second-order valence-electron chi connectivity index (χ2n) is 7.23. The minimum Gasteiger partial charge on any atom is -0.443 e. The Balaban J connectivity index is 2.09. The van der Waals surface area contributed by atoms with Crippen LogP contribution in [0.4, 0.5) is 16.3 Å². The fourth-order valence-corrected chi connectivity index (χ4v) is 2.70. The fraction of sp³-hybridized carbons (Fsp3) is 0.333. The molecule has 2 aromatic heterocycles. The lowest BCUT2D eigenvalue weighted by molar-refractivity contribution is 0.0589. The minimum atomic E-state index is -0.612. The third-order valence-corrected chi connectivity index (χ3v) is 3.98. The van der Waals surface area contributed by atoms with Gasteiger partial charge in [-0.15, -0.1) is 0 Å². The van der Waals surface area contributed by atoms with E-state index >= 15 is 0 Å².